The second kappa shape index (κ2) is 8.96. The molecule has 1 saturated carbocycles. The minimum atomic E-state index is -1.77. The Labute approximate surface area is 182 Å². The number of hydrogen-bond donors (Lipinski definition) is 2. The van der Waals surface area contributed by atoms with Gasteiger partial charge in [0.25, 0.3) is 0 Å². The number of halogens is 2. The summed E-state index contributed by atoms with van der Waals surface area (Å²) in [7, 11) is 0. The molecule has 31 heavy (non-hydrogen) atoms. The van der Waals surface area contributed by atoms with Crippen molar-refractivity contribution >= 4 is 17.7 Å². The average molecular weight is 451 g/mol. The van der Waals surface area contributed by atoms with Crippen LogP contribution in [0.25, 0.3) is 0 Å². The number of nitrogens with zero attached hydrogens (tertiary/aromatic N) is 3. The van der Waals surface area contributed by atoms with Crippen LogP contribution < -0.4 is 5.32 Å². The predicted octanol–water partition coefficient (Wildman–Crippen LogP) is 2.72. The van der Waals surface area contributed by atoms with E-state index in [9.17, 15) is 18.7 Å². The smallest absolute Gasteiger partial charge is 0.336 e. The summed E-state index contributed by atoms with van der Waals surface area (Å²) in [5.41, 5.74) is -1.24. The monoisotopic (exact) mass is 450 g/mol. The third kappa shape index (κ3) is 4.45. The number of ether oxygens (including phenoxy) is 1. The molecule has 2 aliphatic rings. The van der Waals surface area contributed by atoms with Gasteiger partial charge in [-0.2, -0.15) is 5.10 Å². The van der Waals surface area contributed by atoms with Gasteiger partial charge in [0.1, 0.15) is 29.9 Å². The van der Waals surface area contributed by atoms with Crippen molar-refractivity contribution < 1.29 is 23.4 Å². The van der Waals surface area contributed by atoms with Crippen LogP contribution in [-0.2, 0) is 21.7 Å². The molecule has 2 aromatic rings. The summed E-state index contributed by atoms with van der Waals surface area (Å²) in [6.07, 6.45) is 5.68. The lowest BCUT2D eigenvalue weighted by molar-refractivity contribution is -0.139. The Balaban J connectivity index is 1.63. The van der Waals surface area contributed by atoms with Crippen LogP contribution in [0.3, 0.4) is 0 Å². The lowest BCUT2D eigenvalue weighted by atomic mass is 9.92. The third-order valence-electron chi connectivity index (χ3n) is 5.70. The molecule has 1 aliphatic carbocycles. The van der Waals surface area contributed by atoms with E-state index in [0.29, 0.717) is 10.6 Å². The van der Waals surface area contributed by atoms with Crippen LogP contribution in [0.15, 0.2) is 41.5 Å². The first-order valence-corrected chi connectivity index (χ1v) is 11.1. The fraction of sp³-hybridized carbons (Fsp3) is 0.476. The van der Waals surface area contributed by atoms with Crippen molar-refractivity contribution in [3.63, 3.8) is 0 Å². The zero-order valence-corrected chi connectivity index (χ0v) is 17.9. The molecule has 1 aromatic heterocycles. The van der Waals surface area contributed by atoms with Crippen LogP contribution in [0.1, 0.15) is 31.7 Å². The largest absolute Gasteiger partial charge is 0.463 e. The zero-order valence-electron chi connectivity index (χ0n) is 17.1. The minimum Gasteiger partial charge on any atom is -0.463 e. The maximum atomic E-state index is 14.6. The van der Waals surface area contributed by atoms with E-state index in [1.165, 1.54) is 23.4 Å². The van der Waals surface area contributed by atoms with Crippen LogP contribution in [-0.4, -0.2) is 44.2 Å². The first-order chi connectivity index (χ1) is 14.9. The van der Waals surface area contributed by atoms with Crippen molar-refractivity contribution in [1.82, 2.24) is 20.1 Å². The van der Waals surface area contributed by atoms with E-state index in [4.69, 9.17) is 4.74 Å². The minimum absolute atomic E-state index is 0.0709. The molecule has 0 radical (unpaired) electrons. The number of carbonyl (C=O) groups is 1. The summed E-state index contributed by atoms with van der Waals surface area (Å²) in [5, 5.41) is 19.5. The number of carbonyl (C=O) groups excluding carboxylic acids is 1. The quantitative estimate of drug-likeness (QED) is 0.598. The highest BCUT2D eigenvalue weighted by Gasteiger charge is 2.43. The standard InChI is InChI=1S/C21H24F2N4O3S/c1-2-30-20(28)18-14-4-3-5-17(14)31-19(18)25-9-21(29,10-27-12-24-11-26-27)15-7-6-13(22)8-16(15)23/h6-8,11-12,14,17,25,29H,2-5,9-10H2,1H3. The summed E-state index contributed by atoms with van der Waals surface area (Å²) >= 11 is 1.56. The molecule has 3 unspecified atom stereocenters. The molecule has 1 aromatic carbocycles. The Morgan fingerprint density at radius 2 is 2.26 bits per heavy atom. The SMILES string of the molecule is CCOC(=O)C1=C(NCC(O)(Cn2cncn2)c2ccc(F)cc2F)SC2CCCC12. The first-order valence-electron chi connectivity index (χ1n) is 10.2. The van der Waals surface area contributed by atoms with Gasteiger partial charge >= 0.3 is 5.97 Å². The molecule has 0 bridgehead atoms. The molecular weight excluding hydrogens is 426 g/mol. The molecular formula is C21H24F2N4O3S. The van der Waals surface area contributed by atoms with E-state index >= 15 is 0 Å². The van der Waals surface area contributed by atoms with Gasteiger partial charge in [-0.3, -0.25) is 0 Å². The molecule has 0 spiro atoms. The number of fused-ring (bicyclic) bond motifs is 1. The predicted molar refractivity (Wildman–Crippen MR) is 111 cm³/mol. The third-order valence-corrected chi connectivity index (χ3v) is 7.16. The summed E-state index contributed by atoms with van der Waals surface area (Å²) in [5.74, 6) is -1.85. The number of hydrogen-bond acceptors (Lipinski definition) is 7. The van der Waals surface area contributed by atoms with Gasteiger partial charge in [-0.05, 0) is 25.8 Å². The molecule has 2 heterocycles. The molecule has 1 fully saturated rings. The van der Waals surface area contributed by atoms with Gasteiger partial charge in [0.05, 0.1) is 30.3 Å². The normalized spacial score (nSPS) is 22.3. The van der Waals surface area contributed by atoms with Crippen molar-refractivity contribution in [2.24, 2.45) is 5.92 Å². The molecule has 1 aliphatic heterocycles. The van der Waals surface area contributed by atoms with Gasteiger partial charge in [-0.1, -0.05) is 12.5 Å². The highest BCUT2D eigenvalue weighted by molar-refractivity contribution is 8.04. The average Bonchev–Trinajstić information content (AvgIpc) is 3.43. The van der Waals surface area contributed by atoms with E-state index in [0.717, 1.165) is 31.4 Å². The maximum Gasteiger partial charge on any atom is 0.336 e. The molecule has 0 saturated heterocycles. The van der Waals surface area contributed by atoms with Crippen molar-refractivity contribution in [1.29, 1.82) is 0 Å². The Morgan fingerprint density at radius 3 is 2.97 bits per heavy atom. The number of nitrogens with one attached hydrogen (secondary N) is 1. The molecule has 2 N–H and O–H groups in total. The summed E-state index contributed by atoms with van der Waals surface area (Å²) < 4.78 is 34.7. The van der Waals surface area contributed by atoms with Crippen molar-refractivity contribution in [3.8, 4) is 0 Å². The molecule has 4 rings (SSSR count). The number of esters is 1. The topological polar surface area (TPSA) is 89.3 Å². The van der Waals surface area contributed by atoms with E-state index in [-0.39, 0.29) is 42.4 Å². The lowest BCUT2D eigenvalue weighted by Gasteiger charge is -2.30. The van der Waals surface area contributed by atoms with Crippen LogP contribution in [0, 0.1) is 17.6 Å². The number of thioether (sulfide) groups is 1. The lowest BCUT2D eigenvalue weighted by Crippen LogP contribution is -2.42. The van der Waals surface area contributed by atoms with Gasteiger partial charge in [-0.15, -0.1) is 11.8 Å². The Bertz CT molecular complexity index is 985. The number of benzene rings is 1. The van der Waals surface area contributed by atoms with E-state index in [1.807, 2.05) is 0 Å². The number of aromatic nitrogens is 3. The van der Waals surface area contributed by atoms with Crippen molar-refractivity contribution in [2.75, 3.05) is 13.2 Å². The maximum absolute atomic E-state index is 14.6. The fourth-order valence-corrected chi connectivity index (χ4v) is 5.82. The van der Waals surface area contributed by atoms with Crippen molar-refractivity contribution in [2.45, 2.75) is 43.6 Å². The van der Waals surface area contributed by atoms with Crippen molar-refractivity contribution in [3.05, 3.63) is 58.7 Å². The molecule has 0 amide bonds. The summed E-state index contributed by atoms with van der Waals surface area (Å²) in [6, 6.07) is 3.06. The van der Waals surface area contributed by atoms with Gasteiger partial charge in [-0.25, -0.2) is 23.2 Å². The molecule has 7 nitrogen and oxygen atoms in total. The van der Waals surface area contributed by atoms with Gasteiger partial charge in [0.2, 0.25) is 0 Å². The fourth-order valence-electron chi connectivity index (χ4n) is 4.28. The van der Waals surface area contributed by atoms with E-state index < -0.39 is 17.2 Å². The van der Waals surface area contributed by atoms with Crippen LogP contribution in [0.4, 0.5) is 8.78 Å². The number of rotatable bonds is 8. The van der Waals surface area contributed by atoms with Gasteiger partial charge in [0, 0.05) is 22.8 Å². The Morgan fingerprint density at radius 1 is 1.42 bits per heavy atom. The first kappa shape index (κ1) is 21.8. The van der Waals surface area contributed by atoms with E-state index in [1.54, 1.807) is 18.7 Å². The van der Waals surface area contributed by atoms with Crippen LogP contribution in [0.2, 0.25) is 0 Å². The van der Waals surface area contributed by atoms with Crippen LogP contribution >= 0.6 is 11.8 Å². The zero-order chi connectivity index (χ0) is 22.0. The number of aliphatic hydroxyl groups is 1. The van der Waals surface area contributed by atoms with E-state index in [2.05, 4.69) is 15.4 Å². The summed E-state index contributed by atoms with van der Waals surface area (Å²) in [4.78, 5) is 16.5. The second-order valence-corrected chi connectivity index (χ2v) is 9.01. The Hall–Kier alpha value is -2.46. The Kier molecular flexibility index (Phi) is 6.29. The molecule has 166 valence electrons. The highest BCUT2D eigenvalue weighted by atomic mass is 32.2. The highest BCUT2D eigenvalue weighted by Crippen LogP contribution is 2.50. The molecule has 3 atom stereocenters. The van der Waals surface area contributed by atoms with Gasteiger partial charge < -0.3 is 15.2 Å². The van der Waals surface area contributed by atoms with Crippen LogP contribution in [0.5, 0.6) is 0 Å². The second-order valence-electron chi connectivity index (χ2n) is 7.76. The van der Waals surface area contributed by atoms with Gasteiger partial charge in [0.15, 0.2) is 0 Å². The molecule has 10 heteroatoms. The summed E-state index contributed by atoms with van der Waals surface area (Å²) in [6.45, 7) is 1.81.